The summed E-state index contributed by atoms with van der Waals surface area (Å²) in [5.74, 6) is 2.60. The second-order valence-corrected chi connectivity index (χ2v) is 5.91. The van der Waals surface area contributed by atoms with Crippen molar-refractivity contribution in [2.24, 2.45) is 5.10 Å². The van der Waals surface area contributed by atoms with Gasteiger partial charge in [-0.25, -0.2) is 0 Å². The number of thioether (sulfide) groups is 1. The molecule has 92 valence electrons. The number of hydrogen-bond donors (Lipinski definition) is 0. The van der Waals surface area contributed by atoms with E-state index in [2.05, 4.69) is 22.2 Å². The molecule has 0 N–H and O–H groups in total. The summed E-state index contributed by atoms with van der Waals surface area (Å²) in [6.45, 7) is 2.08. The van der Waals surface area contributed by atoms with Crippen molar-refractivity contribution in [3.05, 3.63) is 5.82 Å². The van der Waals surface area contributed by atoms with Crippen molar-refractivity contribution in [3.8, 4) is 0 Å². The summed E-state index contributed by atoms with van der Waals surface area (Å²) in [5.41, 5.74) is 1.16. The fourth-order valence-electron chi connectivity index (χ4n) is 2.62. The van der Waals surface area contributed by atoms with Gasteiger partial charge >= 0.3 is 0 Å². The van der Waals surface area contributed by atoms with Gasteiger partial charge in [0.2, 0.25) is 5.16 Å². The fraction of sp³-hybridized carbons (Fsp3) is 0.750. The molecule has 0 aromatic carbocycles. The Kier molecular flexibility index (Phi) is 3.18. The van der Waals surface area contributed by atoms with E-state index in [9.17, 15) is 0 Å². The van der Waals surface area contributed by atoms with Crippen molar-refractivity contribution in [1.29, 1.82) is 0 Å². The number of hydrogen-bond acceptors (Lipinski definition) is 4. The third-order valence-electron chi connectivity index (χ3n) is 3.54. The van der Waals surface area contributed by atoms with Crippen molar-refractivity contribution in [3.63, 3.8) is 0 Å². The van der Waals surface area contributed by atoms with Crippen LogP contribution in [0.3, 0.4) is 0 Å². The van der Waals surface area contributed by atoms with E-state index in [1.54, 1.807) is 11.8 Å². The van der Waals surface area contributed by atoms with E-state index in [1.807, 2.05) is 4.68 Å². The summed E-state index contributed by atoms with van der Waals surface area (Å²) >= 11 is 1.75. The molecule has 5 heteroatoms. The van der Waals surface area contributed by atoms with E-state index in [-0.39, 0.29) is 0 Å². The second-order valence-electron chi connectivity index (χ2n) is 4.97. The molecule has 1 aliphatic carbocycles. The SMILES string of the molecule is CC1=Nn2c(nnc2C2CCCCCC2)SC1. The van der Waals surface area contributed by atoms with E-state index < -0.39 is 0 Å². The van der Waals surface area contributed by atoms with Crippen LogP contribution in [-0.2, 0) is 0 Å². The maximum absolute atomic E-state index is 4.60. The Hall–Kier alpha value is -0.840. The van der Waals surface area contributed by atoms with Gasteiger partial charge < -0.3 is 0 Å². The molecule has 0 bridgehead atoms. The third-order valence-corrected chi connectivity index (χ3v) is 4.61. The molecule has 3 rings (SSSR count). The van der Waals surface area contributed by atoms with Crippen LogP contribution in [0.25, 0.3) is 0 Å². The summed E-state index contributed by atoms with van der Waals surface area (Å²) in [5, 5.41) is 14.2. The number of nitrogens with zero attached hydrogens (tertiary/aromatic N) is 4. The van der Waals surface area contributed by atoms with Crippen LogP contribution in [0.1, 0.15) is 57.2 Å². The van der Waals surface area contributed by atoms with E-state index in [4.69, 9.17) is 0 Å². The van der Waals surface area contributed by atoms with Gasteiger partial charge in [-0.05, 0) is 19.8 Å². The van der Waals surface area contributed by atoms with Crippen LogP contribution in [0.15, 0.2) is 10.3 Å². The summed E-state index contributed by atoms with van der Waals surface area (Å²) in [7, 11) is 0. The Morgan fingerprint density at radius 3 is 2.65 bits per heavy atom. The third kappa shape index (κ3) is 2.25. The van der Waals surface area contributed by atoms with Gasteiger partial charge in [-0.15, -0.1) is 10.2 Å². The maximum atomic E-state index is 4.60. The number of aromatic nitrogens is 3. The van der Waals surface area contributed by atoms with Gasteiger partial charge in [-0.3, -0.25) is 0 Å². The molecule has 0 saturated heterocycles. The monoisotopic (exact) mass is 250 g/mol. The van der Waals surface area contributed by atoms with Crippen LogP contribution in [-0.4, -0.2) is 26.3 Å². The van der Waals surface area contributed by atoms with E-state index in [1.165, 1.54) is 38.5 Å². The maximum Gasteiger partial charge on any atom is 0.212 e. The van der Waals surface area contributed by atoms with Gasteiger partial charge in [0.15, 0.2) is 5.82 Å². The Morgan fingerprint density at radius 2 is 1.88 bits per heavy atom. The van der Waals surface area contributed by atoms with Crippen LogP contribution in [0.2, 0.25) is 0 Å². The average Bonchev–Trinajstić information content (AvgIpc) is 2.58. The standard InChI is InChI=1S/C12H18N4S/c1-9-8-17-12-14-13-11(16(12)15-9)10-6-4-2-3-5-7-10/h10H,2-8H2,1H3. The lowest BCUT2D eigenvalue weighted by molar-refractivity contribution is 0.530. The topological polar surface area (TPSA) is 43.1 Å². The van der Waals surface area contributed by atoms with Crippen LogP contribution < -0.4 is 0 Å². The van der Waals surface area contributed by atoms with Gasteiger partial charge in [-0.1, -0.05) is 37.4 Å². The molecule has 1 saturated carbocycles. The van der Waals surface area contributed by atoms with Crippen molar-refractivity contribution in [1.82, 2.24) is 14.9 Å². The minimum absolute atomic E-state index is 0.564. The lowest BCUT2D eigenvalue weighted by atomic mass is 10.00. The number of rotatable bonds is 1. The highest BCUT2D eigenvalue weighted by Gasteiger charge is 2.24. The average molecular weight is 250 g/mol. The van der Waals surface area contributed by atoms with Crippen LogP contribution >= 0.6 is 11.8 Å². The van der Waals surface area contributed by atoms with E-state index in [0.717, 1.165) is 22.4 Å². The Labute approximate surface area is 106 Å². The van der Waals surface area contributed by atoms with Gasteiger partial charge in [-0.2, -0.15) is 9.78 Å². The van der Waals surface area contributed by atoms with Crippen molar-refractivity contribution >= 4 is 17.5 Å². The summed E-state index contributed by atoms with van der Waals surface area (Å²) in [6.07, 6.45) is 7.88. The first-order valence-corrected chi connectivity index (χ1v) is 7.46. The summed E-state index contributed by atoms with van der Waals surface area (Å²) < 4.78 is 1.99. The molecule has 2 aliphatic rings. The van der Waals surface area contributed by atoms with Crippen molar-refractivity contribution in [2.75, 3.05) is 5.75 Å². The molecule has 1 fully saturated rings. The molecule has 1 aromatic rings. The zero-order valence-corrected chi connectivity index (χ0v) is 11.0. The molecule has 4 nitrogen and oxygen atoms in total. The Morgan fingerprint density at radius 1 is 1.12 bits per heavy atom. The first kappa shape index (κ1) is 11.3. The van der Waals surface area contributed by atoms with Crippen LogP contribution in [0, 0.1) is 0 Å². The smallest absolute Gasteiger partial charge is 0.191 e. The molecule has 1 aliphatic heterocycles. The first-order valence-electron chi connectivity index (χ1n) is 6.47. The molecule has 2 heterocycles. The lowest BCUT2D eigenvalue weighted by Crippen LogP contribution is -2.12. The minimum Gasteiger partial charge on any atom is -0.191 e. The molecule has 0 radical (unpaired) electrons. The molecular weight excluding hydrogens is 232 g/mol. The lowest BCUT2D eigenvalue weighted by Gasteiger charge is -2.15. The normalized spacial score (nSPS) is 21.8. The number of fused-ring (bicyclic) bond motifs is 1. The molecule has 1 aromatic heterocycles. The highest BCUT2D eigenvalue weighted by Crippen LogP contribution is 2.33. The Bertz CT molecular complexity index is 430. The second kappa shape index (κ2) is 4.80. The largest absolute Gasteiger partial charge is 0.212 e. The fourth-order valence-corrected chi connectivity index (χ4v) is 3.37. The van der Waals surface area contributed by atoms with Crippen molar-refractivity contribution in [2.45, 2.75) is 56.5 Å². The van der Waals surface area contributed by atoms with Crippen LogP contribution in [0.5, 0.6) is 0 Å². The molecule has 0 amide bonds. The molecule has 17 heavy (non-hydrogen) atoms. The molecular formula is C12H18N4S. The van der Waals surface area contributed by atoms with Gasteiger partial charge in [0.1, 0.15) is 0 Å². The zero-order valence-electron chi connectivity index (χ0n) is 10.2. The zero-order chi connectivity index (χ0) is 11.7. The van der Waals surface area contributed by atoms with Gasteiger partial charge in [0.05, 0.1) is 0 Å². The minimum atomic E-state index is 0.564. The quantitative estimate of drug-likeness (QED) is 0.719. The van der Waals surface area contributed by atoms with Gasteiger partial charge in [0, 0.05) is 17.4 Å². The van der Waals surface area contributed by atoms with E-state index in [0.29, 0.717) is 5.92 Å². The first-order chi connectivity index (χ1) is 8.34. The highest BCUT2D eigenvalue weighted by molar-refractivity contribution is 7.99. The van der Waals surface area contributed by atoms with Gasteiger partial charge in [0.25, 0.3) is 0 Å². The molecule has 0 atom stereocenters. The molecule has 0 unspecified atom stereocenters. The predicted octanol–water partition coefficient (Wildman–Crippen LogP) is 3.05. The summed E-state index contributed by atoms with van der Waals surface area (Å²) in [6, 6.07) is 0. The van der Waals surface area contributed by atoms with Crippen LogP contribution in [0.4, 0.5) is 0 Å². The molecule has 0 spiro atoms. The summed E-state index contributed by atoms with van der Waals surface area (Å²) in [4.78, 5) is 0. The highest BCUT2D eigenvalue weighted by atomic mass is 32.2. The van der Waals surface area contributed by atoms with Crippen molar-refractivity contribution < 1.29 is 0 Å². The Balaban J connectivity index is 1.91. The predicted molar refractivity (Wildman–Crippen MR) is 69.7 cm³/mol. The van der Waals surface area contributed by atoms with E-state index >= 15 is 0 Å².